The predicted octanol–water partition coefficient (Wildman–Crippen LogP) is 4.92. The van der Waals surface area contributed by atoms with Crippen molar-refractivity contribution in [3.63, 3.8) is 0 Å². The van der Waals surface area contributed by atoms with Crippen molar-refractivity contribution in [2.45, 2.75) is 31.0 Å². The minimum absolute atomic E-state index is 0.132. The molecule has 5 nitrogen and oxygen atoms in total. The molecule has 0 radical (unpaired) electrons. The monoisotopic (exact) mass is 394 g/mol. The second kappa shape index (κ2) is 7.59. The zero-order valence-electron chi connectivity index (χ0n) is 14.6. The molecule has 1 N–H and O–H groups in total. The number of nitrogens with zero attached hydrogens (tertiary/aromatic N) is 3. The molecule has 0 aliphatic heterocycles. The van der Waals surface area contributed by atoms with Crippen LogP contribution in [0.3, 0.4) is 0 Å². The van der Waals surface area contributed by atoms with Gasteiger partial charge in [0.2, 0.25) is 0 Å². The van der Waals surface area contributed by atoms with E-state index in [1.54, 1.807) is 41.2 Å². The van der Waals surface area contributed by atoms with Crippen LogP contribution in [0.15, 0.2) is 47.6 Å². The first kappa shape index (κ1) is 19.2. The molecule has 0 fully saturated rings. The van der Waals surface area contributed by atoms with E-state index < -0.39 is 17.8 Å². The van der Waals surface area contributed by atoms with Gasteiger partial charge in [0, 0.05) is 22.5 Å². The number of alkyl halides is 3. The molecule has 9 heteroatoms. The molecule has 0 unspecified atom stereocenters. The summed E-state index contributed by atoms with van der Waals surface area (Å²) in [6, 6.07) is 8.19. The highest BCUT2D eigenvalue weighted by Crippen LogP contribution is 2.32. The summed E-state index contributed by atoms with van der Waals surface area (Å²) >= 11 is 0.632. The van der Waals surface area contributed by atoms with E-state index in [1.165, 1.54) is 6.20 Å². The standard InChI is InChI=1S/C18H17F3N4OS/c1-11(2)25-16-12(9-23-25)7-13(8-22-16)17(26)24-14-5-3-4-6-15(14)27-10-18(19,20)21/h3-9,11H,10H2,1-2H3,(H,24,26). The summed E-state index contributed by atoms with van der Waals surface area (Å²) in [7, 11) is 0. The molecule has 0 spiro atoms. The average Bonchev–Trinajstić information content (AvgIpc) is 3.03. The average molecular weight is 394 g/mol. The number of pyridine rings is 1. The Labute approximate surface area is 158 Å². The molecule has 1 aromatic carbocycles. The maximum Gasteiger partial charge on any atom is 0.398 e. The highest BCUT2D eigenvalue weighted by molar-refractivity contribution is 7.99. The molecule has 1 amide bonds. The lowest BCUT2D eigenvalue weighted by molar-refractivity contribution is -0.105. The summed E-state index contributed by atoms with van der Waals surface area (Å²) < 4.78 is 39.2. The van der Waals surface area contributed by atoms with Crippen LogP contribution < -0.4 is 5.32 Å². The Morgan fingerprint density at radius 2 is 2.00 bits per heavy atom. The van der Waals surface area contributed by atoms with Gasteiger partial charge in [0.15, 0.2) is 5.65 Å². The fourth-order valence-corrected chi connectivity index (χ4v) is 3.26. The first-order chi connectivity index (χ1) is 12.7. The SMILES string of the molecule is CC(C)n1ncc2cc(C(=O)Nc3ccccc3SCC(F)(F)F)cnc21. The molecule has 142 valence electrons. The number of hydrogen-bond acceptors (Lipinski definition) is 4. The van der Waals surface area contributed by atoms with Gasteiger partial charge in [-0.05, 0) is 32.0 Å². The van der Waals surface area contributed by atoms with Crippen LogP contribution in [0.1, 0.15) is 30.2 Å². The molecule has 3 aromatic rings. The van der Waals surface area contributed by atoms with E-state index in [0.717, 1.165) is 5.39 Å². The van der Waals surface area contributed by atoms with Crippen molar-refractivity contribution in [2.75, 3.05) is 11.1 Å². The van der Waals surface area contributed by atoms with Crippen LogP contribution in [0.5, 0.6) is 0 Å². The summed E-state index contributed by atoms with van der Waals surface area (Å²) in [5.41, 5.74) is 1.30. The number of amides is 1. The van der Waals surface area contributed by atoms with Crippen LogP contribution in [-0.2, 0) is 0 Å². The van der Waals surface area contributed by atoms with E-state index in [9.17, 15) is 18.0 Å². The lowest BCUT2D eigenvalue weighted by Gasteiger charge is -2.12. The smallest absolute Gasteiger partial charge is 0.321 e. The minimum atomic E-state index is -4.28. The molecule has 2 aromatic heterocycles. The lowest BCUT2D eigenvalue weighted by Crippen LogP contribution is -2.14. The topological polar surface area (TPSA) is 59.8 Å². The lowest BCUT2D eigenvalue weighted by atomic mass is 10.2. The Morgan fingerprint density at radius 1 is 1.26 bits per heavy atom. The largest absolute Gasteiger partial charge is 0.398 e. The first-order valence-electron chi connectivity index (χ1n) is 8.18. The Kier molecular flexibility index (Phi) is 5.41. The Bertz CT molecular complexity index is 969. The summed E-state index contributed by atoms with van der Waals surface area (Å²) in [4.78, 5) is 17.2. The quantitative estimate of drug-likeness (QED) is 0.624. The van der Waals surface area contributed by atoms with E-state index in [0.29, 0.717) is 33.6 Å². The number of rotatable bonds is 5. The zero-order chi connectivity index (χ0) is 19.6. The number of halogens is 3. The predicted molar refractivity (Wildman–Crippen MR) is 99.1 cm³/mol. The molecule has 2 heterocycles. The molecule has 0 bridgehead atoms. The van der Waals surface area contributed by atoms with Gasteiger partial charge in [-0.3, -0.25) is 4.79 Å². The molecule has 0 atom stereocenters. The van der Waals surface area contributed by atoms with Crippen LogP contribution in [0.4, 0.5) is 18.9 Å². The van der Waals surface area contributed by atoms with Crippen LogP contribution >= 0.6 is 11.8 Å². The van der Waals surface area contributed by atoms with Crippen molar-refractivity contribution in [2.24, 2.45) is 0 Å². The van der Waals surface area contributed by atoms with Crippen LogP contribution in [0.25, 0.3) is 11.0 Å². The number of fused-ring (bicyclic) bond motifs is 1. The van der Waals surface area contributed by atoms with Crippen LogP contribution in [-0.4, -0.2) is 32.6 Å². The number of nitrogens with one attached hydrogen (secondary N) is 1. The number of para-hydroxylation sites is 1. The fourth-order valence-electron chi connectivity index (χ4n) is 2.49. The van der Waals surface area contributed by atoms with Gasteiger partial charge in [-0.15, -0.1) is 11.8 Å². The number of carbonyl (C=O) groups excluding carboxylic acids is 1. The van der Waals surface area contributed by atoms with Gasteiger partial charge in [-0.25, -0.2) is 9.67 Å². The highest BCUT2D eigenvalue weighted by atomic mass is 32.2. The number of hydrogen-bond donors (Lipinski definition) is 1. The van der Waals surface area contributed by atoms with Crippen molar-refractivity contribution in [1.29, 1.82) is 0 Å². The van der Waals surface area contributed by atoms with Crippen molar-refractivity contribution in [3.8, 4) is 0 Å². The summed E-state index contributed by atoms with van der Waals surface area (Å²) in [6.07, 6.45) is -1.22. The molecule has 0 aliphatic carbocycles. The molecule has 3 rings (SSSR count). The van der Waals surface area contributed by atoms with E-state index in [2.05, 4.69) is 15.4 Å². The van der Waals surface area contributed by atoms with Gasteiger partial charge in [-0.1, -0.05) is 12.1 Å². The maximum absolute atomic E-state index is 12.5. The summed E-state index contributed by atoms with van der Waals surface area (Å²) in [5.74, 6) is -1.47. The number of thioether (sulfide) groups is 1. The van der Waals surface area contributed by atoms with Crippen LogP contribution in [0, 0.1) is 0 Å². The number of anilines is 1. The third-order valence-corrected chi connectivity index (χ3v) is 4.85. The Morgan fingerprint density at radius 3 is 2.70 bits per heavy atom. The molecule has 0 saturated heterocycles. The van der Waals surface area contributed by atoms with Crippen molar-refractivity contribution < 1.29 is 18.0 Å². The van der Waals surface area contributed by atoms with E-state index in [1.807, 2.05) is 13.8 Å². The molecule has 0 aliphatic rings. The minimum Gasteiger partial charge on any atom is -0.321 e. The van der Waals surface area contributed by atoms with E-state index in [4.69, 9.17) is 0 Å². The highest BCUT2D eigenvalue weighted by Gasteiger charge is 2.27. The summed E-state index contributed by atoms with van der Waals surface area (Å²) in [6.45, 7) is 3.95. The van der Waals surface area contributed by atoms with E-state index >= 15 is 0 Å². The van der Waals surface area contributed by atoms with Gasteiger partial charge in [0.25, 0.3) is 5.91 Å². The van der Waals surface area contributed by atoms with Crippen molar-refractivity contribution in [3.05, 3.63) is 48.3 Å². The number of aromatic nitrogens is 3. The van der Waals surface area contributed by atoms with Gasteiger partial charge in [0.1, 0.15) is 0 Å². The van der Waals surface area contributed by atoms with Gasteiger partial charge in [0.05, 0.1) is 23.2 Å². The van der Waals surface area contributed by atoms with Crippen molar-refractivity contribution in [1.82, 2.24) is 14.8 Å². The third kappa shape index (κ3) is 4.60. The molecular weight excluding hydrogens is 377 g/mol. The third-order valence-electron chi connectivity index (χ3n) is 3.71. The Hall–Kier alpha value is -2.55. The maximum atomic E-state index is 12.5. The van der Waals surface area contributed by atoms with Crippen molar-refractivity contribution >= 4 is 34.4 Å². The fraction of sp³-hybridized carbons (Fsp3) is 0.278. The second-order valence-electron chi connectivity index (χ2n) is 6.17. The molecule has 27 heavy (non-hydrogen) atoms. The number of benzene rings is 1. The normalized spacial score (nSPS) is 11.9. The zero-order valence-corrected chi connectivity index (χ0v) is 15.4. The van der Waals surface area contributed by atoms with Gasteiger partial charge < -0.3 is 5.32 Å². The molecule has 0 saturated carbocycles. The van der Waals surface area contributed by atoms with E-state index in [-0.39, 0.29) is 6.04 Å². The summed E-state index contributed by atoms with van der Waals surface area (Å²) in [5, 5.41) is 7.63. The van der Waals surface area contributed by atoms with Gasteiger partial charge >= 0.3 is 6.18 Å². The molecular formula is C18H17F3N4OS. The Balaban J connectivity index is 1.80. The van der Waals surface area contributed by atoms with Gasteiger partial charge in [-0.2, -0.15) is 18.3 Å². The van der Waals surface area contributed by atoms with Crippen LogP contribution in [0.2, 0.25) is 0 Å². The first-order valence-corrected chi connectivity index (χ1v) is 9.16. The second-order valence-corrected chi connectivity index (χ2v) is 7.19. The number of carbonyl (C=O) groups is 1.